The van der Waals surface area contributed by atoms with Crippen molar-refractivity contribution >= 4 is 0 Å². The van der Waals surface area contributed by atoms with Crippen LogP contribution in [0, 0.1) is 6.92 Å². The maximum atomic E-state index is 12.3. The lowest BCUT2D eigenvalue weighted by Crippen LogP contribution is -2.22. The van der Waals surface area contributed by atoms with Crippen LogP contribution in [0.1, 0.15) is 41.5 Å². The summed E-state index contributed by atoms with van der Waals surface area (Å²) in [5, 5.41) is 3.97. The molecule has 1 atom stereocenters. The first kappa shape index (κ1) is 19.7. The van der Waals surface area contributed by atoms with Crippen LogP contribution in [0.3, 0.4) is 0 Å². The Morgan fingerprint density at radius 2 is 2.11 bits per heavy atom. The number of rotatable bonds is 7. The number of ether oxygens (including phenoxy) is 2. The van der Waals surface area contributed by atoms with Gasteiger partial charge < -0.3 is 14.0 Å². The second kappa shape index (κ2) is 8.31. The molecule has 148 valence electrons. The lowest BCUT2D eigenvalue weighted by molar-refractivity contribution is -0.176. The Hall–Kier alpha value is -2.06. The second-order valence-electron chi connectivity index (χ2n) is 6.75. The van der Waals surface area contributed by atoms with Crippen molar-refractivity contribution in [1.29, 1.82) is 0 Å². The normalized spacial score (nSPS) is 18.2. The number of alkyl halides is 3. The smallest absolute Gasteiger partial charge is 0.411 e. The Kier molecular flexibility index (Phi) is 6.06. The van der Waals surface area contributed by atoms with E-state index in [0.717, 1.165) is 36.4 Å². The lowest BCUT2D eigenvalue weighted by atomic mass is 10.1. The predicted molar refractivity (Wildman–Crippen MR) is 92.3 cm³/mol. The van der Waals surface area contributed by atoms with Gasteiger partial charge >= 0.3 is 6.18 Å². The van der Waals surface area contributed by atoms with Crippen molar-refractivity contribution in [3.05, 3.63) is 46.8 Å². The summed E-state index contributed by atoms with van der Waals surface area (Å²) < 4.78 is 52.4. The van der Waals surface area contributed by atoms with Gasteiger partial charge in [-0.05, 0) is 44.0 Å². The van der Waals surface area contributed by atoms with E-state index < -0.39 is 12.8 Å². The van der Waals surface area contributed by atoms with Gasteiger partial charge in [0.25, 0.3) is 0 Å². The van der Waals surface area contributed by atoms with Crippen molar-refractivity contribution in [2.24, 2.45) is 0 Å². The summed E-state index contributed by atoms with van der Waals surface area (Å²) in [4.78, 5) is 2.29. The molecule has 0 radical (unpaired) electrons. The standard InChI is InChI=1S/C19H23F3N2O3/c1-13-8-18(27-23-13)16-4-3-7-24(16)10-14-5-6-17(25-2)15(9-14)11-26-12-19(20,21)22/h5-6,8-9,16H,3-4,7,10-12H2,1-2H3/t16-/m0/s1. The zero-order valence-corrected chi connectivity index (χ0v) is 15.4. The molecular weight excluding hydrogens is 361 g/mol. The van der Waals surface area contributed by atoms with Crippen molar-refractivity contribution in [2.75, 3.05) is 20.3 Å². The number of methoxy groups -OCH3 is 1. The molecule has 0 N–H and O–H groups in total. The van der Waals surface area contributed by atoms with Crippen molar-refractivity contribution in [1.82, 2.24) is 10.1 Å². The second-order valence-corrected chi connectivity index (χ2v) is 6.75. The van der Waals surface area contributed by atoms with Crippen LogP contribution >= 0.6 is 0 Å². The highest BCUT2D eigenvalue weighted by atomic mass is 19.4. The third-order valence-corrected chi connectivity index (χ3v) is 4.59. The molecular formula is C19H23F3N2O3. The highest BCUT2D eigenvalue weighted by Gasteiger charge is 2.29. The number of halogens is 3. The van der Waals surface area contributed by atoms with E-state index in [2.05, 4.69) is 10.1 Å². The van der Waals surface area contributed by atoms with E-state index in [1.165, 1.54) is 7.11 Å². The van der Waals surface area contributed by atoms with E-state index in [1.807, 2.05) is 25.1 Å². The van der Waals surface area contributed by atoms with E-state index in [9.17, 15) is 13.2 Å². The van der Waals surface area contributed by atoms with E-state index in [1.54, 1.807) is 6.07 Å². The Morgan fingerprint density at radius 3 is 2.78 bits per heavy atom. The fourth-order valence-corrected chi connectivity index (χ4v) is 3.43. The number of hydrogen-bond donors (Lipinski definition) is 0. The largest absolute Gasteiger partial charge is 0.496 e. The van der Waals surface area contributed by atoms with Gasteiger partial charge in [0.2, 0.25) is 0 Å². The number of likely N-dealkylation sites (tertiary alicyclic amines) is 1. The molecule has 2 aromatic rings. The molecule has 0 saturated carbocycles. The quantitative estimate of drug-likeness (QED) is 0.708. The van der Waals surface area contributed by atoms with E-state index >= 15 is 0 Å². The fourth-order valence-electron chi connectivity index (χ4n) is 3.43. The molecule has 1 aliphatic rings. The molecule has 1 aromatic heterocycles. The third-order valence-electron chi connectivity index (χ3n) is 4.59. The number of hydrogen-bond acceptors (Lipinski definition) is 5. The van der Waals surface area contributed by atoms with Crippen molar-refractivity contribution in [2.45, 2.75) is 45.1 Å². The number of benzene rings is 1. The van der Waals surface area contributed by atoms with Crippen LogP contribution in [-0.4, -0.2) is 36.5 Å². The zero-order valence-electron chi connectivity index (χ0n) is 15.4. The van der Waals surface area contributed by atoms with Gasteiger partial charge in [-0.2, -0.15) is 13.2 Å². The number of aryl methyl sites for hydroxylation is 1. The molecule has 3 rings (SSSR count). The minimum absolute atomic E-state index is 0.152. The van der Waals surface area contributed by atoms with Crippen molar-refractivity contribution in [3.63, 3.8) is 0 Å². The Morgan fingerprint density at radius 1 is 1.30 bits per heavy atom. The molecule has 0 amide bonds. The Bertz CT molecular complexity index is 761. The average Bonchev–Trinajstić information content (AvgIpc) is 3.22. The zero-order chi connectivity index (χ0) is 19.4. The van der Waals surface area contributed by atoms with Gasteiger partial charge in [0.15, 0.2) is 5.76 Å². The molecule has 0 unspecified atom stereocenters. The third kappa shape index (κ3) is 5.23. The summed E-state index contributed by atoms with van der Waals surface area (Å²) in [6.45, 7) is 2.06. The first-order valence-electron chi connectivity index (χ1n) is 8.83. The molecule has 8 heteroatoms. The molecule has 0 bridgehead atoms. The monoisotopic (exact) mass is 384 g/mol. The summed E-state index contributed by atoms with van der Waals surface area (Å²) in [5.41, 5.74) is 2.44. The molecule has 1 fully saturated rings. The van der Waals surface area contributed by atoms with Gasteiger partial charge in [0, 0.05) is 18.2 Å². The van der Waals surface area contributed by atoms with Gasteiger partial charge in [-0.1, -0.05) is 11.2 Å². The summed E-state index contributed by atoms with van der Waals surface area (Å²) in [7, 11) is 1.49. The van der Waals surface area contributed by atoms with Crippen LogP contribution < -0.4 is 4.74 Å². The highest BCUT2D eigenvalue weighted by molar-refractivity contribution is 5.37. The molecule has 5 nitrogen and oxygen atoms in total. The first-order chi connectivity index (χ1) is 12.9. The number of aromatic nitrogens is 1. The maximum absolute atomic E-state index is 12.3. The van der Waals surface area contributed by atoms with E-state index in [0.29, 0.717) is 17.9 Å². The van der Waals surface area contributed by atoms with Crippen molar-refractivity contribution < 1.29 is 27.2 Å². The van der Waals surface area contributed by atoms with Crippen LogP contribution in [0.5, 0.6) is 5.75 Å². The minimum Gasteiger partial charge on any atom is -0.496 e. The Balaban J connectivity index is 1.69. The van der Waals surface area contributed by atoms with Crippen LogP contribution in [0.2, 0.25) is 0 Å². The molecule has 2 heterocycles. The molecule has 1 aromatic carbocycles. The molecule has 1 aliphatic heterocycles. The summed E-state index contributed by atoms with van der Waals surface area (Å²) >= 11 is 0. The topological polar surface area (TPSA) is 47.7 Å². The minimum atomic E-state index is -4.34. The van der Waals surface area contributed by atoms with Gasteiger partial charge in [-0.15, -0.1) is 0 Å². The predicted octanol–water partition coefficient (Wildman–Crippen LogP) is 4.41. The lowest BCUT2D eigenvalue weighted by Gasteiger charge is -2.23. The molecule has 0 aliphatic carbocycles. The maximum Gasteiger partial charge on any atom is 0.411 e. The molecule has 1 saturated heterocycles. The summed E-state index contributed by atoms with van der Waals surface area (Å²) in [5.74, 6) is 1.37. The first-order valence-corrected chi connectivity index (χ1v) is 8.83. The van der Waals surface area contributed by atoms with Crippen LogP contribution in [0.4, 0.5) is 13.2 Å². The van der Waals surface area contributed by atoms with E-state index in [4.69, 9.17) is 14.0 Å². The summed E-state index contributed by atoms with van der Waals surface area (Å²) in [6.07, 6.45) is -2.29. The number of nitrogens with zero attached hydrogens (tertiary/aromatic N) is 2. The van der Waals surface area contributed by atoms with Gasteiger partial charge in [0.1, 0.15) is 12.4 Å². The highest BCUT2D eigenvalue weighted by Crippen LogP contribution is 2.34. The van der Waals surface area contributed by atoms with Gasteiger partial charge in [-0.3, -0.25) is 4.90 Å². The SMILES string of the molecule is COc1ccc(CN2CCC[C@H]2c2cc(C)no2)cc1COCC(F)(F)F. The average molecular weight is 384 g/mol. The van der Waals surface area contributed by atoms with Gasteiger partial charge in [-0.25, -0.2) is 0 Å². The van der Waals surface area contributed by atoms with Crippen LogP contribution in [-0.2, 0) is 17.9 Å². The van der Waals surface area contributed by atoms with Crippen LogP contribution in [0.15, 0.2) is 28.8 Å². The van der Waals surface area contributed by atoms with Crippen LogP contribution in [0.25, 0.3) is 0 Å². The van der Waals surface area contributed by atoms with Crippen molar-refractivity contribution in [3.8, 4) is 5.75 Å². The molecule has 0 spiro atoms. The molecule has 27 heavy (non-hydrogen) atoms. The fraction of sp³-hybridized carbons (Fsp3) is 0.526. The van der Waals surface area contributed by atoms with E-state index in [-0.39, 0.29) is 12.6 Å². The summed E-state index contributed by atoms with van der Waals surface area (Å²) in [6, 6.07) is 7.65. The Labute approximate surface area is 156 Å². The van der Waals surface area contributed by atoms with Gasteiger partial charge in [0.05, 0.1) is 25.5 Å².